The Morgan fingerprint density at radius 2 is 1.81 bits per heavy atom. The summed E-state index contributed by atoms with van der Waals surface area (Å²) in [5.74, 6) is -1.37. The second kappa shape index (κ2) is 11.2. The monoisotopic (exact) mass is 489 g/mol. The molecule has 1 amide bonds. The standard InChI is InChI=1S/C27H31N5O4/c1-17-7-10-28-15-21(17)13-19-3-5-22(6-4-19)32-11-8-20(9-12-32)14-23-30-18(2)26(35)25(31-23)27(36)29-16-24(33)34/h3-7,10,15,20,35H,8-9,11-14,16H2,1-2H3,(H,29,36)(H,33,34). The van der Waals surface area contributed by atoms with Crippen molar-refractivity contribution < 1.29 is 19.8 Å². The van der Waals surface area contributed by atoms with Crippen LogP contribution in [0.4, 0.5) is 5.69 Å². The predicted octanol–water partition coefficient (Wildman–Crippen LogP) is 3.06. The summed E-state index contributed by atoms with van der Waals surface area (Å²) in [7, 11) is 0. The molecule has 1 aliphatic heterocycles. The molecule has 9 nitrogen and oxygen atoms in total. The third-order valence-corrected chi connectivity index (χ3v) is 6.65. The van der Waals surface area contributed by atoms with E-state index < -0.39 is 18.4 Å². The summed E-state index contributed by atoms with van der Waals surface area (Å²) in [6, 6.07) is 10.7. The lowest BCUT2D eigenvalue weighted by atomic mass is 9.92. The van der Waals surface area contributed by atoms with Gasteiger partial charge in [0.25, 0.3) is 5.91 Å². The Morgan fingerprint density at radius 3 is 2.47 bits per heavy atom. The second-order valence-corrected chi connectivity index (χ2v) is 9.28. The predicted molar refractivity (Wildman–Crippen MR) is 135 cm³/mol. The SMILES string of the molecule is Cc1ccncc1Cc1ccc(N2CCC(Cc3nc(C)c(O)c(C(=O)NCC(=O)O)n3)CC2)cc1. The first-order chi connectivity index (χ1) is 17.3. The summed E-state index contributed by atoms with van der Waals surface area (Å²) in [6.45, 7) is 4.99. The van der Waals surface area contributed by atoms with Crippen LogP contribution in [-0.2, 0) is 17.6 Å². The van der Waals surface area contributed by atoms with Gasteiger partial charge in [-0.15, -0.1) is 0 Å². The van der Waals surface area contributed by atoms with Gasteiger partial charge in [-0.1, -0.05) is 12.1 Å². The highest BCUT2D eigenvalue weighted by Gasteiger charge is 2.23. The van der Waals surface area contributed by atoms with Crippen LogP contribution in [0, 0.1) is 19.8 Å². The van der Waals surface area contributed by atoms with Crippen LogP contribution >= 0.6 is 0 Å². The van der Waals surface area contributed by atoms with Crippen LogP contribution in [0.5, 0.6) is 5.75 Å². The van der Waals surface area contributed by atoms with Crippen molar-refractivity contribution in [2.24, 2.45) is 5.92 Å². The van der Waals surface area contributed by atoms with Gasteiger partial charge in [0, 0.05) is 37.6 Å². The van der Waals surface area contributed by atoms with Gasteiger partial charge < -0.3 is 20.4 Å². The molecule has 0 bridgehead atoms. The van der Waals surface area contributed by atoms with E-state index >= 15 is 0 Å². The normalized spacial score (nSPS) is 14.0. The number of piperidine rings is 1. The number of benzene rings is 1. The average Bonchev–Trinajstić information content (AvgIpc) is 2.87. The number of carboxylic acids is 1. The molecule has 1 fully saturated rings. The number of amides is 1. The molecule has 9 heteroatoms. The molecule has 0 spiro atoms. The molecule has 3 aromatic rings. The first kappa shape index (κ1) is 25.1. The van der Waals surface area contributed by atoms with Crippen LogP contribution in [-0.4, -0.2) is 56.7 Å². The molecule has 188 valence electrons. The maximum absolute atomic E-state index is 12.3. The second-order valence-electron chi connectivity index (χ2n) is 9.28. The number of carbonyl (C=O) groups excluding carboxylic acids is 1. The molecule has 0 aliphatic carbocycles. The third kappa shape index (κ3) is 6.16. The first-order valence-electron chi connectivity index (χ1n) is 12.1. The van der Waals surface area contributed by atoms with Gasteiger partial charge >= 0.3 is 5.97 Å². The molecule has 2 aromatic heterocycles. The molecule has 1 aromatic carbocycles. The number of hydrogen-bond donors (Lipinski definition) is 3. The van der Waals surface area contributed by atoms with Gasteiger partial charge in [0.2, 0.25) is 0 Å². The number of carbonyl (C=O) groups is 2. The number of aliphatic carboxylic acids is 1. The fourth-order valence-electron chi connectivity index (χ4n) is 4.49. The summed E-state index contributed by atoms with van der Waals surface area (Å²) in [5, 5.41) is 21.2. The molecule has 0 saturated carbocycles. The van der Waals surface area contributed by atoms with Crippen molar-refractivity contribution in [1.82, 2.24) is 20.3 Å². The largest absolute Gasteiger partial charge is 0.504 e. The first-order valence-corrected chi connectivity index (χ1v) is 12.1. The molecular weight excluding hydrogens is 458 g/mol. The van der Waals surface area contributed by atoms with Crippen molar-refractivity contribution in [3.63, 3.8) is 0 Å². The van der Waals surface area contributed by atoms with Gasteiger partial charge in [-0.05, 0) is 73.9 Å². The minimum atomic E-state index is -1.17. The molecule has 36 heavy (non-hydrogen) atoms. The average molecular weight is 490 g/mol. The molecule has 0 radical (unpaired) electrons. The molecule has 0 unspecified atom stereocenters. The van der Waals surface area contributed by atoms with E-state index in [9.17, 15) is 14.7 Å². The van der Waals surface area contributed by atoms with Crippen LogP contribution in [0.2, 0.25) is 0 Å². The van der Waals surface area contributed by atoms with Gasteiger partial charge in [0.15, 0.2) is 11.4 Å². The number of aryl methyl sites for hydroxylation is 2. The molecular formula is C27H31N5O4. The number of anilines is 1. The van der Waals surface area contributed by atoms with Gasteiger partial charge in [-0.3, -0.25) is 14.6 Å². The van der Waals surface area contributed by atoms with E-state index in [1.165, 1.54) is 22.4 Å². The highest BCUT2D eigenvalue weighted by atomic mass is 16.4. The maximum Gasteiger partial charge on any atom is 0.322 e. The third-order valence-electron chi connectivity index (χ3n) is 6.65. The Morgan fingerprint density at radius 1 is 1.08 bits per heavy atom. The minimum Gasteiger partial charge on any atom is -0.504 e. The lowest BCUT2D eigenvalue weighted by molar-refractivity contribution is -0.135. The van der Waals surface area contributed by atoms with Crippen LogP contribution < -0.4 is 10.2 Å². The quantitative estimate of drug-likeness (QED) is 0.440. The molecule has 3 heterocycles. The summed E-state index contributed by atoms with van der Waals surface area (Å²) >= 11 is 0. The van der Waals surface area contributed by atoms with Crippen molar-refractivity contribution >= 4 is 17.6 Å². The number of hydrogen-bond acceptors (Lipinski definition) is 7. The number of nitrogens with one attached hydrogen (secondary N) is 1. The Balaban J connectivity index is 1.34. The Hall–Kier alpha value is -4.01. The Kier molecular flexibility index (Phi) is 7.77. The number of aromatic nitrogens is 3. The number of rotatable bonds is 8. The summed E-state index contributed by atoms with van der Waals surface area (Å²) < 4.78 is 0. The number of aromatic hydroxyl groups is 1. The van der Waals surface area contributed by atoms with Crippen molar-refractivity contribution in [1.29, 1.82) is 0 Å². The zero-order chi connectivity index (χ0) is 25.7. The van der Waals surface area contributed by atoms with Crippen LogP contribution in [0.25, 0.3) is 0 Å². The van der Waals surface area contributed by atoms with E-state index in [0.717, 1.165) is 32.4 Å². The van der Waals surface area contributed by atoms with Gasteiger partial charge in [0.1, 0.15) is 12.4 Å². The lowest BCUT2D eigenvalue weighted by Crippen LogP contribution is -2.34. The Labute approximate surface area is 210 Å². The molecule has 0 atom stereocenters. The zero-order valence-corrected chi connectivity index (χ0v) is 20.6. The zero-order valence-electron chi connectivity index (χ0n) is 20.6. The van der Waals surface area contributed by atoms with Gasteiger partial charge in [-0.2, -0.15) is 0 Å². The molecule has 3 N–H and O–H groups in total. The van der Waals surface area contributed by atoms with E-state index in [1.54, 1.807) is 6.92 Å². The summed E-state index contributed by atoms with van der Waals surface area (Å²) in [6.07, 6.45) is 7.13. The van der Waals surface area contributed by atoms with Crippen molar-refractivity contribution in [3.8, 4) is 5.75 Å². The van der Waals surface area contributed by atoms with Crippen LogP contribution in [0.1, 0.15) is 51.5 Å². The van der Waals surface area contributed by atoms with Crippen molar-refractivity contribution in [3.05, 3.63) is 76.6 Å². The fourth-order valence-corrected chi connectivity index (χ4v) is 4.49. The summed E-state index contributed by atoms with van der Waals surface area (Å²) in [4.78, 5) is 38.2. The van der Waals surface area contributed by atoms with Crippen LogP contribution in [0.3, 0.4) is 0 Å². The minimum absolute atomic E-state index is 0.183. The number of nitrogens with zero attached hydrogens (tertiary/aromatic N) is 4. The maximum atomic E-state index is 12.3. The molecule has 1 saturated heterocycles. The smallest absolute Gasteiger partial charge is 0.322 e. The lowest BCUT2D eigenvalue weighted by Gasteiger charge is -2.33. The van der Waals surface area contributed by atoms with Crippen molar-refractivity contribution in [2.45, 2.75) is 39.5 Å². The highest BCUT2D eigenvalue weighted by molar-refractivity contribution is 5.96. The molecule has 1 aliphatic rings. The van der Waals surface area contributed by atoms with Gasteiger partial charge in [-0.25, -0.2) is 9.97 Å². The number of carboxylic acid groups (broad SMARTS) is 1. The van der Waals surface area contributed by atoms with Gasteiger partial charge in [0.05, 0.1) is 5.69 Å². The fraction of sp³-hybridized carbons (Fsp3) is 0.370. The summed E-state index contributed by atoms with van der Waals surface area (Å²) in [5.41, 5.74) is 5.07. The van der Waals surface area contributed by atoms with Crippen LogP contribution in [0.15, 0.2) is 42.7 Å². The van der Waals surface area contributed by atoms with Crippen molar-refractivity contribution in [2.75, 3.05) is 24.5 Å². The number of pyridine rings is 1. The van der Waals surface area contributed by atoms with E-state index in [2.05, 4.69) is 56.4 Å². The topological polar surface area (TPSA) is 129 Å². The molecule has 4 rings (SSSR count). The van der Waals surface area contributed by atoms with E-state index in [-0.39, 0.29) is 11.4 Å². The van der Waals surface area contributed by atoms with E-state index in [0.29, 0.717) is 23.9 Å². The highest BCUT2D eigenvalue weighted by Crippen LogP contribution is 2.27. The Bertz CT molecular complexity index is 1240. The van der Waals surface area contributed by atoms with E-state index in [1.807, 2.05) is 18.5 Å². The van der Waals surface area contributed by atoms with E-state index in [4.69, 9.17) is 5.11 Å².